The number of nitrogens with one attached hydrogen (secondary N) is 1. The molecule has 2 rings (SSSR count). The minimum Gasteiger partial charge on any atom is -0.460 e. The lowest BCUT2D eigenvalue weighted by molar-refractivity contribution is -0.146. The molecule has 5 nitrogen and oxygen atoms in total. The standard InChI is InChI=1S/C19H24N2O3S/c1-4-13-24-17(23)15-11-8-12-21(15)18(25)19(2,3)20-16(22)14-9-6-5-7-10-14/h4-7,9-10,15H,1,8,11-13H2,2-3H3,(H,20,22)/t15-/m0/s1. The van der Waals surface area contributed by atoms with Crippen LogP contribution in [0.3, 0.4) is 0 Å². The zero-order chi connectivity index (χ0) is 18.4. The predicted molar refractivity (Wildman–Crippen MR) is 101 cm³/mol. The van der Waals surface area contributed by atoms with E-state index >= 15 is 0 Å². The normalized spacial score (nSPS) is 17.0. The molecule has 6 heteroatoms. The highest BCUT2D eigenvalue weighted by atomic mass is 32.1. The first-order valence-electron chi connectivity index (χ1n) is 8.33. The fraction of sp³-hybridized carbons (Fsp3) is 0.421. The molecule has 0 saturated carbocycles. The Morgan fingerprint density at radius 1 is 1.40 bits per heavy atom. The van der Waals surface area contributed by atoms with Crippen LogP contribution < -0.4 is 5.32 Å². The third-order valence-electron chi connectivity index (χ3n) is 4.13. The number of thiocarbonyl (C=S) groups is 1. The van der Waals surface area contributed by atoms with E-state index in [0.29, 0.717) is 23.5 Å². The maximum Gasteiger partial charge on any atom is 0.329 e. The molecule has 1 atom stereocenters. The van der Waals surface area contributed by atoms with Gasteiger partial charge in [-0.25, -0.2) is 4.79 Å². The Morgan fingerprint density at radius 3 is 2.72 bits per heavy atom. The highest BCUT2D eigenvalue weighted by Gasteiger charge is 2.39. The molecule has 1 amide bonds. The Labute approximate surface area is 154 Å². The van der Waals surface area contributed by atoms with E-state index in [4.69, 9.17) is 17.0 Å². The summed E-state index contributed by atoms with van der Waals surface area (Å²) in [6.07, 6.45) is 3.09. The van der Waals surface area contributed by atoms with Gasteiger partial charge in [-0.1, -0.05) is 43.1 Å². The molecule has 1 aromatic rings. The van der Waals surface area contributed by atoms with Crippen LogP contribution in [-0.2, 0) is 9.53 Å². The summed E-state index contributed by atoms with van der Waals surface area (Å²) < 4.78 is 5.17. The maximum absolute atomic E-state index is 12.4. The summed E-state index contributed by atoms with van der Waals surface area (Å²) >= 11 is 5.61. The summed E-state index contributed by atoms with van der Waals surface area (Å²) in [6, 6.07) is 8.58. The van der Waals surface area contributed by atoms with E-state index in [2.05, 4.69) is 11.9 Å². The smallest absolute Gasteiger partial charge is 0.329 e. The van der Waals surface area contributed by atoms with Gasteiger partial charge in [0.15, 0.2) is 0 Å². The highest BCUT2D eigenvalue weighted by Crippen LogP contribution is 2.24. The molecule has 1 N–H and O–H groups in total. The first-order valence-corrected chi connectivity index (χ1v) is 8.74. The van der Waals surface area contributed by atoms with Gasteiger partial charge in [0.25, 0.3) is 5.91 Å². The number of hydrogen-bond donors (Lipinski definition) is 1. The fourth-order valence-electron chi connectivity index (χ4n) is 2.85. The van der Waals surface area contributed by atoms with Crippen molar-refractivity contribution >= 4 is 29.1 Å². The van der Waals surface area contributed by atoms with Gasteiger partial charge in [-0.05, 0) is 38.8 Å². The third kappa shape index (κ3) is 4.66. The van der Waals surface area contributed by atoms with Crippen molar-refractivity contribution in [2.45, 2.75) is 38.3 Å². The van der Waals surface area contributed by atoms with Crippen LogP contribution in [0.1, 0.15) is 37.0 Å². The van der Waals surface area contributed by atoms with Gasteiger partial charge >= 0.3 is 5.97 Å². The van der Waals surface area contributed by atoms with Crippen LogP contribution in [0.15, 0.2) is 43.0 Å². The number of nitrogens with zero attached hydrogens (tertiary/aromatic N) is 1. The molecule has 1 aliphatic rings. The quantitative estimate of drug-likeness (QED) is 0.480. The van der Waals surface area contributed by atoms with Crippen molar-refractivity contribution in [3.8, 4) is 0 Å². The average molecular weight is 360 g/mol. The molecule has 0 aliphatic carbocycles. The molecule has 0 bridgehead atoms. The minimum atomic E-state index is -0.760. The van der Waals surface area contributed by atoms with Crippen molar-refractivity contribution in [2.24, 2.45) is 0 Å². The molecule has 1 aromatic carbocycles. The van der Waals surface area contributed by atoms with Gasteiger partial charge in [-0.3, -0.25) is 4.79 Å². The van der Waals surface area contributed by atoms with Crippen molar-refractivity contribution in [1.29, 1.82) is 0 Å². The number of esters is 1. The summed E-state index contributed by atoms with van der Waals surface area (Å²) in [5.41, 5.74) is -0.189. The van der Waals surface area contributed by atoms with E-state index in [1.165, 1.54) is 0 Å². The summed E-state index contributed by atoms with van der Waals surface area (Å²) in [7, 11) is 0. The van der Waals surface area contributed by atoms with Gasteiger partial charge in [0.1, 0.15) is 17.6 Å². The summed E-state index contributed by atoms with van der Waals surface area (Å²) in [4.78, 5) is 27.1. The molecule has 1 fully saturated rings. The zero-order valence-corrected chi connectivity index (χ0v) is 15.5. The predicted octanol–water partition coefficient (Wildman–Crippen LogP) is 2.72. The number of ether oxygens (including phenoxy) is 1. The number of benzene rings is 1. The SMILES string of the molecule is C=CCOC(=O)[C@@H]1CCCN1C(=S)C(C)(C)NC(=O)c1ccccc1. The lowest BCUT2D eigenvalue weighted by atomic mass is 10.0. The molecule has 134 valence electrons. The lowest BCUT2D eigenvalue weighted by Crippen LogP contribution is -2.57. The van der Waals surface area contributed by atoms with Crippen LogP contribution in [0.5, 0.6) is 0 Å². The molecule has 1 saturated heterocycles. The second kappa shape index (κ2) is 8.25. The molecule has 1 aliphatic heterocycles. The van der Waals surface area contributed by atoms with Crippen LogP contribution in [0.2, 0.25) is 0 Å². The van der Waals surface area contributed by atoms with Gasteiger partial charge < -0.3 is 15.0 Å². The fourth-order valence-corrected chi connectivity index (χ4v) is 3.12. The topological polar surface area (TPSA) is 58.6 Å². The number of hydrogen-bond acceptors (Lipinski definition) is 4. The Kier molecular flexibility index (Phi) is 6.31. The Hall–Kier alpha value is -2.21. The molecular weight excluding hydrogens is 336 g/mol. The second-order valence-electron chi connectivity index (χ2n) is 6.52. The van der Waals surface area contributed by atoms with Gasteiger partial charge in [-0.15, -0.1) is 0 Å². The van der Waals surface area contributed by atoms with Crippen molar-refractivity contribution in [1.82, 2.24) is 10.2 Å². The zero-order valence-electron chi connectivity index (χ0n) is 14.7. The molecule has 25 heavy (non-hydrogen) atoms. The van der Waals surface area contributed by atoms with E-state index in [-0.39, 0.29) is 18.5 Å². The van der Waals surface area contributed by atoms with Gasteiger partial charge in [-0.2, -0.15) is 0 Å². The van der Waals surface area contributed by atoms with Crippen molar-refractivity contribution in [2.75, 3.05) is 13.2 Å². The van der Waals surface area contributed by atoms with Crippen LogP contribution in [0.25, 0.3) is 0 Å². The molecular formula is C19H24N2O3S. The van der Waals surface area contributed by atoms with Gasteiger partial charge in [0, 0.05) is 12.1 Å². The molecule has 0 spiro atoms. The summed E-state index contributed by atoms with van der Waals surface area (Å²) in [6.45, 7) is 8.11. The maximum atomic E-state index is 12.4. The molecule has 0 aromatic heterocycles. The second-order valence-corrected chi connectivity index (χ2v) is 6.91. The van der Waals surface area contributed by atoms with Crippen molar-refractivity contribution < 1.29 is 14.3 Å². The number of likely N-dealkylation sites (tertiary alicyclic amines) is 1. The van der Waals surface area contributed by atoms with Gasteiger partial charge in [0.05, 0.1) is 5.54 Å². The van der Waals surface area contributed by atoms with E-state index < -0.39 is 11.6 Å². The Bertz CT molecular complexity index is 658. The first-order chi connectivity index (χ1) is 11.9. The molecule has 0 unspecified atom stereocenters. The molecule has 0 radical (unpaired) electrons. The largest absolute Gasteiger partial charge is 0.460 e. The number of carbonyl (C=O) groups excluding carboxylic acids is 2. The monoisotopic (exact) mass is 360 g/mol. The third-order valence-corrected chi connectivity index (χ3v) is 4.87. The summed E-state index contributed by atoms with van der Waals surface area (Å²) in [5.74, 6) is -0.497. The average Bonchev–Trinajstić information content (AvgIpc) is 3.09. The van der Waals surface area contributed by atoms with E-state index in [1.807, 2.05) is 36.9 Å². The van der Waals surface area contributed by atoms with Crippen LogP contribution in [-0.4, -0.2) is 46.5 Å². The van der Waals surface area contributed by atoms with Crippen LogP contribution in [0, 0.1) is 0 Å². The molecule has 1 heterocycles. The van der Waals surface area contributed by atoms with Crippen molar-refractivity contribution in [3.05, 3.63) is 48.6 Å². The number of carbonyl (C=O) groups is 2. The van der Waals surface area contributed by atoms with E-state index in [0.717, 1.165) is 6.42 Å². The van der Waals surface area contributed by atoms with Crippen LogP contribution >= 0.6 is 12.2 Å². The lowest BCUT2D eigenvalue weighted by Gasteiger charge is -2.35. The summed E-state index contributed by atoms with van der Waals surface area (Å²) in [5, 5.41) is 2.96. The highest BCUT2D eigenvalue weighted by molar-refractivity contribution is 7.80. The van der Waals surface area contributed by atoms with E-state index in [9.17, 15) is 9.59 Å². The van der Waals surface area contributed by atoms with Gasteiger partial charge in [0.2, 0.25) is 0 Å². The Morgan fingerprint density at radius 2 is 2.08 bits per heavy atom. The first kappa shape index (κ1) is 19.1. The van der Waals surface area contributed by atoms with Crippen LogP contribution in [0.4, 0.5) is 0 Å². The minimum absolute atomic E-state index is 0.185. The van der Waals surface area contributed by atoms with E-state index in [1.54, 1.807) is 18.2 Å². The number of rotatable bonds is 6. The Balaban J connectivity index is 2.07. The van der Waals surface area contributed by atoms with Crippen molar-refractivity contribution in [3.63, 3.8) is 0 Å². The number of amides is 1.